The van der Waals surface area contributed by atoms with E-state index in [1.54, 1.807) is 12.3 Å². The molecule has 0 saturated carbocycles. The first kappa shape index (κ1) is 20.6. The van der Waals surface area contributed by atoms with Crippen LogP contribution in [-0.4, -0.2) is 18.9 Å². The Hall–Kier alpha value is -4.32. The minimum Gasteiger partial charge on any atom is -0.489 e. The summed E-state index contributed by atoms with van der Waals surface area (Å²) in [5.41, 5.74) is 5.39. The van der Waals surface area contributed by atoms with Crippen LogP contribution < -0.4 is 19.6 Å². The molecule has 1 heterocycles. The molecule has 5 rings (SSSR count). The molecular formula is C27H22N2O4. The SMILES string of the molecule is O=C(Cc1ccc2c(c1)OCO2)N/N=C\c1ccc(OCc2cccc3ccccc23)cc1. The molecular weight excluding hydrogens is 416 g/mol. The lowest BCUT2D eigenvalue weighted by atomic mass is 10.1. The Balaban J connectivity index is 1.13. The van der Waals surface area contributed by atoms with Crippen molar-refractivity contribution < 1.29 is 19.0 Å². The van der Waals surface area contributed by atoms with Crippen molar-refractivity contribution in [2.75, 3.05) is 6.79 Å². The average Bonchev–Trinajstić information content (AvgIpc) is 3.31. The fourth-order valence-corrected chi connectivity index (χ4v) is 3.68. The zero-order valence-corrected chi connectivity index (χ0v) is 17.9. The van der Waals surface area contributed by atoms with Gasteiger partial charge in [-0.05, 0) is 63.9 Å². The number of ether oxygens (including phenoxy) is 3. The summed E-state index contributed by atoms with van der Waals surface area (Å²) < 4.78 is 16.6. The lowest BCUT2D eigenvalue weighted by Crippen LogP contribution is -2.19. The second kappa shape index (κ2) is 9.44. The minimum absolute atomic E-state index is 0.203. The fourth-order valence-electron chi connectivity index (χ4n) is 3.68. The van der Waals surface area contributed by atoms with E-state index in [9.17, 15) is 4.79 Å². The highest BCUT2D eigenvalue weighted by molar-refractivity contribution is 5.85. The molecule has 164 valence electrons. The monoisotopic (exact) mass is 438 g/mol. The number of nitrogens with one attached hydrogen (secondary N) is 1. The van der Waals surface area contributed by atoms with Crippen LogP contribution in [0.3, 0.4) is 0 Å². The quantitative estimate of drug-likeness (QED) is 0.331. The van der Waals surface area contributed by atoms with Gasteiger partial charge in [0.25, 0.3) is 0 Å². The number of hydrogen-bond acceptors (Lipinski definition) is 5. The molecule has 0 aromatic heterocycles. The number of rotatable bonds is 7. The van der Waals surface area contributed by atoms with Crippen molar-refractivity contribution in [3.63, 3.8) is 0 Å². The van der Waals surface area contributed by atoms with Gasteiger partial charge in [-0.3, -0.25) is 4.79 Å². The third-order valence-electron chi connectivity index (χ3n) is 5.36. The van der Waals surface area contributed by atoms with E-state index in [1.807, 2.05) is 54.6 Å². The largest absolute Gasteiger partial charge is 0.489 e. The molecule has 0 spiro atoms. The molecule has 1 aliphatic heterocycles. The molecule has 6 heteroatoms. The third kappa shape index (κ3) is 4.96. The van der Waals surface area contributed by atoms with E-state index >= 15 is 0 Å². The minimum atomic E-state index is -0.208. The average molecular weight is 438 g/mol. The number of carbonyl (C=O) groups excluding carboxylic acids is 1. The first-order chi connectivity index (χ1) is 16.2. The zero-order chi connectivity index (χ0) is 22.5. The van der Waals surface area contributed by atoms with Crippen molar-refractivity contribution in [3.05, 3.63) is 102 Å². The van der Waals surface area contributed by atoms with Crippen LogP contribution in [0.1, 0.15) is 16.7 Å². The van der Waals surface area contributed by atoms with Crippen molar-refractivity contribution in [2.45, 2.75) is 13.0 Å². The Morgan fingerprint density at radius 1 is 0.939 bits per heavy atom. The highest BCUT2D eigenvalue weighted by Gasteiger charge is 2.14. The van der Waals surface area contributed by atoms with E-state index in [0.29, 0.717) is 18.1 Å². The van der Waals surface area contributed by atoms with Gasteiger partial charge in [0.2, 0.25) is 12.7 Å². The molecule has 4 aromatic rings. The summed E-state index contributed by atoms with van der Waals surface area (Å²) in [7, 11) is 0. The van der Waals surface area contributed by atoms with Crippen LogP contribution in [0, 0.1) is 0 Å². The number of hydrogen-bond donors (Lipinski definition) is 1. The van der Waals surface area contributed by atoms with Crippen LogP contribution in [0.15, 0.2) is 90.0 Å². The predicted octanol–water partition coefficient (Wildman–Crippen LogP) is 4.84. The van der Waals surface area contributed by atoms with Gasteiger partial charge in [0.1, 0.15) is 12.4 Å². The second-order valence-corrected chi connectivity index (χ2v) is 7.65. The normalized spacial score (nSPS) is 12.2. The van der Waals surface area contributed by atoms with Gasteiger partial charge in [-0.25, -0.2) is 5.43 Å². The number of nitrogens with zero attached hydrogens (tertiary/aromatic N) is 1. The van der Waals surface area contributed by atoms with Gasteiger partial charge in [-0.2, -0.15) is 5.10 Å². The maximum absolute atomic E-state index is 12.2. The lowest BCUT2D eigenvalue weighted by molar-refractivity contribution is -0.120. The molecule has 0 fully saturated rings. The summed E-state index contributed by atoms with van der Waals surface area (Å²) >= 11 is 0. The predicted molar refractivity (Wildman–Crippen MR) is 127 cm³/mol. The number of amides is 1. The van der Waals surface area contributed by atoms with Gasteiger partial charge in [0, 0.05) is 0 Å². The van der Waals surface area contributed by atoms with Gasteiger partial charge >= 0.3 is 0 Å². The molecule has 0 aliphatic carbocycles. The fraction of sp³-hybridized carbons (Fsp3) is 0.111. The Kier molecular flexibility index (Phi) is 5.89. The van der Waals surface area contributed by atoms with E-state index in [-0.39, 0.29) is 19.1 Å². The van der Waals surface area contributed by atoms with E-state index in [4.69, 9.17) is 14.2 Å². The van der Waals surface area contributed by atoms with Crippen molar-refractivity contribution in [1.82, 2.24) is 5.43 Å². The summed E-state index contributed by atoms with van der Waals surface area (Å²) in [6.45, 7) is 0.701. The zero-order valence-electron chi connectivity index (χ0n) is 17.9. The van der Waals surface area contributed by atoms with Crippen LogP contribution in [0.25, 0.3) is 10.8 Å². The van der Waals surface area contributed by atoms with E-state index < -0.39 is 0 Å². The maximum atomic E-state index is 12.2. The smallest absolute Gasteiger partial charge is 0.244 e. The first-order valence-electron chi connectivity index (χ1n) is 10.6. The van der Waals surface area contributed by atoms with Crippen molar-refractivity contribution in [1.29, 1.82) is 0 Å². The summed E-state index contributed by atoms with van der Waals surface area (Å²) in [6, 6.07) is 27.5. The molecule has 1 N–H and O–H groups in total. The molecule has 0 unspecified atom stereocenters. The summed E-state index contributed by atoms with van der Waals surface area (Å²) in [6.07, 6.45) is 1.81. The third-order valence-corrected chi connectivity index (χ3v) is 5.36. The van der Waals surface area contributed by atoms with E-state index in [0.717, 1.165) is 22.4 Å². The van der Waals surface area contributed by atoms with Crippen LogP contribution in [-0.2, 0) is 17.8 Å². The van der Waals surface area contributed by atoms with E-state index in [1.165, 1.54) is 10.8 Å². The topological polar surface area (TPSA) is 69.2 Å². The number of benzene rings is 4. The highest BCUT2D eigenvalue weighted by atomic mass is 16.7. The van der Waals surface area contributed by atoms with Gasteiger partial charge in [-0.15, -0.1) is 0 Å². The van der Waals surface area contributed by atoms with Gasteiger partial charge in [-0.1, -0.05) is 48.5 Å². The molecule has 4 aromatic carbocycles. The summed E-state index contributed by atoms with van der Waals surface area (Å²) in [4.78, 5) is 12.2. The standard InChI is InChI=1S/C27H22N2O4/c30-27(15-20-10-13-25-26(14-20)33-18-32-25)29-28-16-19-8-11-23(12-9-19)31-17-22-6-3-5-21-4-1-2-7-24(21)22/h1-14,16H,15,17-18H2,(H,29,30)/b28-16-. The molecule has 33 heavy (non-hydrogen) atoms. The Bertz CT molecular complexity index is 1310. The van der Waals surface area contributed by atoms with Gasteiger partial charge < -0.3 is 14.2 Å². The lowest BCUT2D eigenvalue weighted by Gasteiger charge is -2.09. The molecule has 0 bridgehead atoms. The van der Waals surface area contributed by atoms with Crippen molar-refractivity contribution in [2.24, 2.45) is 5.10 Å². The second-order valence-electron chi connectivity index (χ2n) is 7.65. The van der Waals surface area contributed by atoms with Crippen LogP contribution in [0.4, 0.5) is 0 Å². The van der Waals surface area contributed by atoms with Crippen LogP contribution >= 0.6 is 0 Å². The Morgan fingerprint density at radius 3 is 2.67 bits per heavy atom. The van der Waals surface area contributed by atoms with Crippen molar-refractivity contribution in [3.8, 4) is 17.2 Å². The van der Waals surface area contributed by atoms with E-state index in [2.05, 4.69) is 34.8 Å². The number of carbonyl (C=O) groups is 1. The molecule has 1 amide bonds. The molecule has 0 saturated heterocycles. The maximum Gasteiger partial charge on any atom is 0.244 e. The highest BCUT2D eigenvalue weighted by Crippen LogP contribution is 2.32. The number of fused-ring (bicyclic) bond motifs is 2. The number of hydrazone groups is 1. The summed E-state index contributed by atoms with van der Waals surface area (Å²) in [5.74, 6) is 1.92. The van der Waals surface area contributed by atoms with Crippen LogP contribution in [0.2, 0.25) is 0 Å². The Morgan fingerprint density at radius 2 is 1.76 bits per heavy atom. The Labute approximate surface area is 191 Å². The molecule has 6 nitrogen and oxygen atoms in total. The molecule has 1 aliphatic rings. The van der Waals surface area contributed by atoms with Crippen LogP contribution in [0.5, 0.6) is 17.2 Å². The first-order valence-corrected chi connectivity index (χ1v) is 10.6. The van der Waals surface area contributed by atoms with Gasteiger partial charge in [0.05, 0.1) is 12.6 Å². The van der Waals surface area contributed by atoms with Gasteiger partial charge in [0.15, 0.2) is 11.5 Å². The van der Waals surface area contributed by atoms with Crippen molar-refractivity contribution >= 4 is 22.9 Å². The summed E-state index contributed by atoms with van der Waals surface area (Å²) in [5, 5.41) is 6.44. The molecule has 0 radical (unpaired) electrons. The molecule has 0 atom stereocenters.